The molecule has 0 fully saturated rings. The normalized spacial score (nSPS) is 15.3. The predicted molar refractivity (Wildman–Crippen MR) is 98.8 cm³/mol. The van der Waals surface area contributed by atoms with E-state index < -0.39 is 35.9 Å². The zero-order valence-corrected chi connectivity index (χ0v) is 16.9. The largest absolute Gasteiger partial charge is 0.467 e. The smallest absolute Gasteiger partial charge is 0.408 e. The Kier molecular flexibility index (Phi) is 11.4. The Labute approximate surface area is 156 Å². The van der Waals surface area contributed by atoms with Gasteiger partial charge in [-0.15, -0.1) is 0 Å². The summed E-state index contributed by atoms with van der Waals surface area (Å²) in [6, 6.07) is -0.767. The third-order valence-electron chi connectivity index (χ3n) is 3.44. The van der Waals surface area contributed by atoms with Gasteiger partial charge in [-0.3, -0.25) is 4.90 Å². The Morgan fingerprint density at radius 3 is 2.04 bits per heavy atom. The van der Waals surface area contributed by atoms with E-state index in [4.69, 9.17) is 9.47 Å². The number of carbonyl (C=O) groups is 2. The molecule has 8 nitrogen and oxygen atoms in total. The number of hydrogen-bond acceptors (Lipinski definition) is 7. The summed E-state index contributed by atoms with van der Waals surface area (Å²) in [6.07, 6.45) is 0.228. The maximum absolute atomic E-state index is 11.9. The molecule has 0 aliphatic rings. The van der Waals surface area contributed by atoms with E-state index in [1.807, 2.05) is 4.90 Å². The lowest BCUT2D eigenvalue weighted by molar-refractivity contribution is -0.143. The lowest BCUT2D eigenvalue weighted by atomic mass is 10.1. The van der Waals surface area contributed by atoms with Crippen molar-refractivity contribution in [3.8, 4) is 0 Å². The molecule has 0 aromatic heterocycles. The molecule has 0 aromatic rings. The van der Waals surface area contributed by atoms with Gasteiger partial charge in [-0.1, -0.05) is 0 Å². The summed E-state index contributed by atoms with van der Waals surface area (Å²) in [5.41, 5.74) is -0.646. The topological polar surface area (TPSA) is 108 Å². The minimum atomic E-state index is -0.767. The van der Waals surface area contributed by atoms with Crippen LogP contribution < -0.4 is 5.32 Å². The first-order chi connectivity index (χ1) is 11.9. The molecule has 8 heteroatoms. The number of nitrogens with one attached hydrogen (secondary N) is 1. The van der Waals surface area contributed by atoms with Gasteiger partial charge in [-0.25, -0.2) is 9.59 Å². The second kappa shape index (κ2) is 12.1. The van der Waals surface area contributed by atoms with Gasteiger partial charge in [0, 0.05) is 13.1 Å². The number of ether oxygens (including phenoxy) is 2. The number of methoxy groups -OCH3 is 1. The highest BCUT2D eigenvalue weighted by Crippen LogP contribution is 2.09. The standard InChI is InChI=1S/C18H36N2O6/c1-13(21)11-20(12-14(2)22)10-8-7-9-15(16(23)25-6)19-17(24)26-18(3,4)5/h13-15,21-22H,7-12H2,1-6H3,(H,19,24)/t13-,14-,15+/m1/s1. The number of aliphatic hydroxyl groups excluding tert-OH is 2. The fraction of sp³-hybridized carbons (Fsp3) is 0.889. The molecule has 0 rings (SSSR count). The Morgan fingerprint density at radius 2 is 1.62 bits per heavy atom. The summed E-state index contributed by atoms with van der Waals surface area (Å²) in [5.74, 6) is -0.513. The highest BCUT2D eigenvalue weighted by atomic mass is 16.6. The minimum absolute atomic E-state index is 0.420. The molecule has 0 saturated carbocycles. The molecule has 0 heterocycles. The van der Waals surface area contributed by atoms with Crippen molar-refractivity contribution in [3.63, 3.8) is 0 Å². The summed E-state index contributed by atoms with van der Waals surface area (Å²) in [6.45, 7) is 10.3. The second-order valence-electron chi connectivity index (χ2n) is 7.68. The van der Waals surface area contributed by atoms with Crippen molar-refractivity contribution >= 4 is 12.1 Å². The molecule has 3 atom stereocenters. The van der Waals surface area contributed by atoms with Gasteiger partial charge in [0.25, 0.3) is 0 Å². The van der Waals surface area contributed by atoms with Crippen LogP contribution in [0.2, 0.25) is 0 Å². The highest BCUT2D eigenvalue weighted by Gasteiger charge is 2.24. The van der Waals surface area contributed by atoms with Crippen LogP contribution in [-0.2, 0) is 14.3 Å². The first-order valence-electron chi connectivity index (χ1n) is 9.10. The molecule has 154 valence electrons. The minimum Gasteiger partial charge on any atom is -0.467 e. The molecule has 0 spiro atoms. The van der Waals surface area contributed by atoms with Crippen molar-refractivity contribution in [2.24, 2.45) is 0 Å². The zero-order chi connectivity index (χ0) is 20.3. The quantitative estimate of drug-likeness (QED) is 0.368. The Bertz CT molecular complexity index is 410. The van der Waals surface area contributed by atoms with Crippen molar-refractivity contribution < 1.29 is 29.3 Å². The van der Waals surface area contributed by atoms with Crippen molar-refractivity contribution in [1.29, 1.82) is 0 Å². The summed E-state index contributed by atoms with van der Waals surface area (Å²) in [7, 11) is 1.28. The van der Waals surface area contributed by atoms with Gasteiger partial charge in [-0.2, -0.15) is 0 Å². The van der Waals surface area contributed by atoms with Gasteiger partial charge >= 0.3 is 12.1 Å². The molecule has 26 heavy (non-hydrogen) atoms. The third-order valence-corrected chi connectivity index (χ3v) is 3.44. The summed E-state index contributed by atoms with van der Waals surface area (Å²) < 4.78 is 9.91. The number of esters is 1. The molecular weight excluding hydrogens is 340 g/mol. The molecule has 0 unspecified atom stereocenters. The molecule has 0 bridgehead atoms. The third kappa shape index (κ3) is 12.9. The number of hydrogen-bond donors (Lipinski definition) is 3. The zero-order valence-electron chi connectivity index (χ0n) is 16.9. The Hall–Kier alpha value is -1.38. The van der Waals surface area contributed by atoms with E-state index in [1.54, 1.807) is 34.6 Å². The first-order valence-corrected chi connectivity index (χ1v) is 9.10. The molecule has 0 saturated heterocycles. The van der Waals surface area contributed by atoms with Crippen LogP contribution in [0.3, 0.4) is 0 Å². The lowest BCUT2D eigenvalue weighted by Gasteiger charge is -2.25. The van der Waals surface area contributed by atoms with Crippen molar-refractivity contribution in [2.45, 2.75) is 77.7 Å². The van der Waals surface area contributed by atoms with Crippen LogP contribution in [0, 0.1) is 0 Å². The van der Waals surface area contributed by atoms with Gasteiger partial charge in [0.05, 0.1) is 19.3 Å². The summed E-state index contributed by atoms with van der Waals surface area (Å²) in [4.78, 5) is 25.7. The summed E-state index contributed by atoms with van der Waals surface area (Å²) in [5, 5.41) is 21.6. The summed E-state index contributed by atoms with van der Waals surface area (Å²) >= 11 is 0. The van der Waals surface area contributed by atoms with Crippen molar-refractivity contribution in [1.82, 2.24) is 10.2 Å². The highest BCUT2D eigenvalue weighted by molar-refractivity contribution is 5.81. The van der Waals surface area contributed by atoms with E-state index in [1.165, 1.54) is 7.11 Å². The second-order valence-corrected chi connectivity index (χ2v) is 7.68. The Balaban J connectivity index is 4.47. The molecule has 0 aromatic carbocycles. The number of aliphatic hydroxyl groups is 2. The van der Waals surface area contributed by atoms with Gasteiger partial charge in [0.1, 0.15) is 11.6 Å². The van der Waals surface area contributed by atoms with E-state index >= 15 is 0 Å². The van der Waals surface area contributed by atoms with E-state index in [2.05, 4.69) is 5.32 Å². The fourth-order valence-electron chi connectivity index (χ4n) is 2.53. The first kappa shape index (κ1) is 24.6. The SMILES string of the molecule is COC(=O)[C@H](CCCCN(C[C@@H](C)O)C[C@@H](C)O)NC(=O)OC(C)(C)C. The number of amides is 1. The fourth-order valence-corrected chi connectivity index (χ4v) is 2.53. The van der Waals surface area contributed by atoms with E-state index in [0.717, 1.165) is 6.42 Å². The van der Waals surface area contributed by atoms with Gasteiger partial charge in [0.15, 0.2) is 0 Å². The average molecular weight is 376 g/mol. The number of unbranched alkanes of at least 4 members (excludes halogenated alkanes) is 1. The van der Waals surface area contributed by atoms with Crippen LogP contribution in [0.5, 0.6) is 0 Å². The molecule has 0 radical (unpaired) electrons. The van der Waals surface area contributed by atoms with Crippen LogP contribution >= 0.6 is 0 Å². The van der Waals surface area contributed by atoms with Gasteiger partial charge in [0.2, 0.25) is 0 Å². The van der Waals surface area contributed by atoms with Crippen LogP contribution in [0.15, 0.2) is 0 Å². The van der Waals surface area contributed by atoms with Crippen LogP contribution in [0.25, 0.3) is 0 Å². The monoisotopic (exact) mass is 376 g/mol. The van der Waals surface area contributed by atoms with Gasteiger partial charge < -0.3 is 25.0 Å². The Morgan fingerprint density at radius 1 is 1.08 bits per heavy atom. The predicted octanol–water partition coefficient (Wildman–Crippen LogP) is 1.29. The lowest BCUT2D eigenvalue weighted by Crippen LogP contribution is -2.44. The maximum Gasteiger partial charge on any atom is 0.408 e. The molecule has 1 amide bonds. The van der Waals surface area contributed by atoms with Crippen LogP contribution in [-0.4, -0.2) is 77.8 Å². The number of carbonyl (C=O) groups excluding carboxylic acids is 2. The molecule has 3 N–H and O–H groups in total. The van der Waals surface area contributed by atoms with Crippen LogP contribution in [0.4, 0.5) is 4.79 Å². The molecule has 0 aliphatic carbocycles. The molecular formula is C18H36N2O6. The number of nitrogens with zero attached hydrogens (tertiary/aromatic N) is 1. The number of rotatable bonds is 11. The van der Waals surface area contributed by atoms with E-state index in [9.17, 15) is 19.8 Å². The van der Waals surface area contributed by atoms with Crippen molar-refractivity contribution in [3.05, 3.63) is 0 Å². The average Bonchev–Trinajstić information content (AvgIpc) is 2.46. The van der Waals surface area contributed by atoms with Crippen molar-refractivity contribution in [2.75, 3.05) is 26.7 Å². The van der Waals surface area contributed by atoms with E-state index in [0.29, 0.717) is 32.5 Å². The van der Waals surface area contributed by atoms with Crippen LogP contribution in [0.1, 0.15) is 53.9 Å². The maximum atomic E-state index is 11.9. The number of alkyl carbamates (subject to hydrolysis) is 1. The van der Waals surface area contributed by atoms with Gasteiger partial charge in [-0.05, 0) is 60.4 Å². The van der Waals surface area contributed by atoms with E-state index in [-0.39, 0.29) is 0 Å². The molecule has 0 aliphatic heterocycles.